The molecule has 2 aromatic carbocycles. The lowest BCUT2D eigenvalue weighted by Crippen LogP contribution is -2.38. The summed E-state index contributed by atoms with van der Waals surface area (Å²) >= 11 is 6.19. The Kier molecular flexibility index (Phi) is 6.70. The molecule has 0 spiro atoms. The molecule has 0 aliphatic carbocycles. The normalized spacial score (nSPS) is 14.6. The number of Topliss-reactive ketones (excluding diaryl/α,β-unsaturated/α-hetero) is 1. The van der Waals surface area contributed by atoms with E-state index in [2.05, 4.69) is 31.9 Å². The Morgan fingerprint density at radius 3 is 1.32 bits per heavy atom. The predicted octanol–water partition coefficient (Wildman–Crippen LogP) is 7.39. The number of carbonyl (C=O) groups excluding carboxylic acids is 1. The zero-order valence-electron chi connectivity index (χ0n) is 14.6. The summed E-state index contributed by atoms with van der Waals surface area (Å²) in [5, 5.41) is 0. The average molecular weight is 532 g/mol. The molecule has 0 bridgehead atoms. The van der Waals surface area contributed by atoms with E-state index < -0.39 is 41.1 Å². The Hall–Kier alpha value is -1.35. The van der Waals surface area contributed by atoms with Crippen molar-refractivity contribution >= 4 is 37.6 Å². The van der Waals surface area contributed by atoms with Gasteiger partial charge in [-0.1, -0.05) is 44.0 Å². The van der Waals surface area contributed by atoms with E-state index in [1.54, 1.807) is 0 Å². The third kappa shape index (κ3) is 4.97. The molecule has 0 aromatic heterocycles. The molecule has 0 saturated heterocycles. The van der Waals surface area contributed by atoms with Crippen molar-refractivity contribution in [3.05, 3.63) is 67.6 Å². The quantitative estimate of drug-likeness (QED) is 0.376. The van der Waals surface area contributed by atoms with Gasteiger partial charge >= 0.3 is 12.4 Å². The third-order valence-electron chi connectivity index (χ3n) is 4.31. The zero-order chi connectivity index (χ0) is 21.4. The summed E-state index contributed by atoms with van der Waals surface area (Å²) in [7, 11) is 0. The van der Waals surface area contributed by atoms with Crippen molar-refractivity contribution in [2.75, 3.05) is 0 Å². The standard InChI is InChI=1S/C19H14Br2F6O/c1-9-7-11(20)3-5-13(9)15(18(22,23)24)17(28)16(19(25,26)27)14-6-4-12(21)8-10(14)2/h3-8,15-16H,1-2H3. The molecule has 9 heteroatoms. The summed E-state index contributed by atoms with van der Waals surface area (Å²) in [6, 6.07) is 7.24. The van der Waals surface area contributed by atoms with Crippen molar-refractivity contribution < 1.29 is 31.1 Å². The van der Waals surface area contributed by atoms with E-state index in [0.29, 0.717) is 8.95 Å². The van der Waals surface area contributed by atoms with E-state index >= 15 is 0 Å². The molecule has 0 heterocycles. The third-order valence-corrected chi connectivity index (χ3v) is 5.30. The van der Waals surface area contributed by atoms with Crippen molar-refractivity contribution in [1.82, 2.24) is 0 Å². The Balaban J connectivity index is 2.68. The highest BCUT2D eigenvalue weighted by atomic mass is 79.9. The molecular formula is C19H14Br2F6O. The number of halogens is 8. The van der Waals surface area contributed by atoms with Crippen LogP contribution < -0.4 is 0 Å². The number of hydrogen-bond acceptors (Lipinski definition) is 1. The monoisotopic (exact) mass is 530 g/mol. The van der Waals surface area contributed by atoms with E-state index in [4.69, 9.17) is 0 Å². The van der Waals surface area contributed by atoms with Crippen LogP contribution in [0.3, 0.4) is 0 Å². The second-order valence-corrected chi connectivity index (χ2v) is 8.18. The lowest BCUT2D eigenvalue weighted by atomic mass is 9.80. The second-order valence-electron chi connectivity index (χ2n) is 6.35. The van der Waals surface area contributed by atoms with Crippen molar-refractivity contribution in [2.45, 2.75) is 38.0 Å². The lowest BCUT2D eigenvalue weighted by Gasteiger charge is -2.28. The molecule has 0 N–H and O–H groups in total. The van der Waals surface area contributed by atoms with Gasteiger partial charge in [-0.2, -0.15) is 26.3 Å². The number of ketones is 1. The van der Waals surface area contributed by atoms with Gasteiger partial charge in [-0.05, 0) is 60.4 Å². The van der Waals surface area contributed by atoms with E-state index in [-0.39, 0.29) is 11.1 Å². The first-order chi connectivity index (χ1) is 12.7. The van der Waals surface area contributed by atoms with Gasteiger partial charge in [-0.3, -0.25) is 4.79 Å². The fraction of sp³-hybridized carbons (Fsp3) is 0.316. The van der Waals surface area contributed by atoms with Crippen LogP contribution in [0.25, 0.3) is 0 Å². The van der Waals surface area contributed by atoms with Gasteiger partial charge in [-0.25, -0.2) is 0 Å². The minimum absolute atomic E-state index is 0.0681. The Morgan fingerprint density at radius 1 is 0.750 bits per heavy atom. The molecule has 28 heavy (non-hydrogen) atoms. The summed E-state index contributed by atoms with van der Waals surface area (Å²) in [4.78, 5) is 12.7. The van der Waals surface area contributed by atoms with Crippen LogP contribution in [-0.2, 0) is 4.79 Å². The van der Waals surface area contributed by atoms with Crippen LogP contribution in [0.2, 0.25) is 0 Å². The minimum Gasteiger partial charge on any atom is -0.298 e. The Labute approximate surface area is 174 Å². The molecule has 152 valence electrons. The number of rotatable bonds is 4. The number of aryl methyl sites for hydroxylation is 2. The molecule has 0 amide bonds. The zero-order valence-corrected chi connectivity index (χ0v) is 17.7. The van der Waals surface area contributed by atoms with E-state index in [1.807, 2.05) is 0 Å². The molecule has 0 saturated carbocycles. The van der Waals surface area contributed by atoms with Gasteiger partial charge in [0.1, 0.15) is 11.8 Å². The number of benzene rings is 2. The van der Waals surface area contributed by atoms with Crippen LogP contribution in [0.1, 0.15) is 34.1 Å². The Morgan fingerprint density at radius 2 is 1.07 bits per heavy atom. The summed E-state index contributed by atoms with van der Waals surface area (Å²) in [6.45, 7) is 2.64. The fourth-order valence-electron chi connectivity index (χ4n) is 3.07. The first kappa shape index (κ1) is 22.9. The number of alkyl halides is 6. The van der Waals surface area contributed by atoms with Crippen LogP contribution in [-0.4, -0.2) is 18.1 Å². The topological polar surface area (TPSA) is 17.1 Å². The van der Waals surface area contributed by atoms with E-state index in [1.165, 1.54) is 38.1 Å². The van der Waals surface area contributed by atoms with Crippen LogP contribution >= 0.6 is 31.9 Å². The van der Waals surface area contributed by atoms with Crippen LogP contribution in [0, 0.1) is 13.8 Å². The van der Waals surface area contributed by atoms with E-state index in [9.17, 15) is 31.1 Å². The Bertz CT molecular complexity index is 817. The highest BCUT2D eigenvalue weighted by molar-refractivity contribution is 9.10. The largest absolute Gasteiger partial charge is 0.402 e. The first-order valence-electron chi connectivity index (χ1n) is 7.92. The van der Waals surface area contributed by atoms with Crippen molar-refractivity contribution in [2.24, 2.45) is 0 Å². The molecule has 2 unspecified atom stereocenters. The maximum atomic E-state index is 13.8. The van der Waals surface area contributed by atoms with Gasteiger partial charge in [0.25, 0.3) is 0 Å². The fourth-order valence-corrected chi connectivity index (χ4v) is 4.03. The summed E-state index contributed by atoms with van der Waals surface area (Å²) in [5.41, 5.74) is -0.855. The van der Waals surface area contributed by atoms with Gasteiger partial charge in [0.2, 0.25) is 0 Å². The molecule has 0 aliphatic heterocycles. The van der Waals surface area contributed by atoms with Crippen molar-refractivity contribution in [1.29, 1.82) is 0 Å². The van der Waals surface area contributed by atoms with Gasteiger partial charge < -0.3 is 0 Å². The van der Waals surface area contributed by atoms with Gasteiger partial charge in [0.05, 0.1) is 0 Å². The van der Waals surface area contributed by atoms with Crippen LogP contribution in [0.15, 0.2) is 45.3 Å². The maximum Gasteiger partial charge on any atom is 0.402 e. The van der Waals surface area contributed by atoms with E-state index in [0.717, 1.165) is 12.1 Å². The molecule has 0 fully saturated rings. The molecule has 2 atom stereocenters. The van der Waals surface area contributed by atoms with Gasteiger partial charge in [-0.15, -0.1) is 0 Å². The molecular weight excluding hydrogens is 518 g/mol. The first-order valence-corrected chi connectivity index (χ1v) is 9.51. The van der Waals surface area contributed by atoms with Crippen LogP contribution in [0.5, 0.6) is 0 Å². The smallest absolute Gasteiger partial charge is 0.298 e. The molecule has 1 nitrogen and oxygen atoms in total. The second kappa shape index (κ2) is 8.18. The average Bonchev–Trinajstić information content (AvgIpc) is 2.50. The number of carbonyl (C=O) groups is 1. The summed E-state index contributed by atoms with van der Waals surface area (Å²) in [5.74, 6) is -7.73. The van der Waals surface area contributed by atoms with Gasteiger partial charge in [0.15, 0.2) is 5.78 Å². The number of hydrogen-bond donors (Lipinski definition) is 0. The minimum atomic E-state index is -5.18. The highest BCUT2D eigenvalue weighted by Crippen LogP contribution is 2.46. The lowest BCUT2D eigenvalue weighted by molar-refractivity contribution is -0.183. The summed E-state index contributed by atoms with van der Waals surface area (Å²) in [6.07, 6.45) is -10.4. The van der Waals surface area contributed by atoms with Crippen molar-refractivity contribution in [3.8, 4) is 0 Å². The summed E-state index contributed by atoms with van der Waals surface area (Å²) < 4.78 is 83.5. The highest BCUT2D eigenvalue weighted by Gasteiger charge is 2.55. The SMILES string of the molecule is Cc1cc(Br)ccc1C(C(=O)C(c1ccc(Br)cc1C)C(F)(F)F)C(F)(F)F. The molecule has 0 radical (unpaired) electrons. The predicted molar refractivity (Wildman–Crippen MR) is 100 cm³/mol. The molecule has 0 aliphatic rings. The molecule has 2 rings (SSSR count). The van der Waals surface area contributed by atoms with Crippen molar-refractivity contribution in [3.63, 3.8) is 0 Å². The molecule has 2 aromatic rings. The maximum absolute atomic E-state index is 13.8. The van der Waals surface area contributed by atoms with Gasteiger partial charge in [0, 0.05) is 8.95 Å². The van der Waals surface area contributed by atoms with Crippen LogP contribution in [0.4, 0.5) is 26.3 Å².